The van der Waals surface area contributed by atoms with Gasteiger partial charge in [-0.25, -0.2) is 4.98 Å². The number of nitrogens with one attached hydrogen (secondary N) is 1. The van der Waals surface area contributed by atoms with E-state index in [-0.39, 0.29) is 0 Å². The van der Waals surface area contributed by atoms with E-state index >= 15 is 0 Å². The van der Waals surface area contributed by atoms with Gasteiger partial charge in [-0.15, -0.1) is 0 Å². The summed E-state index contributed by atoms with van der Waals surface area (Å²) in [5, 5.41) is 6.98. The molecular formula is C44H30N6. The highest BCUT2D eigenvalue weighted by Crippen LogP contribution is 2.36. The molecule has 4 aromatic carbocycles. The van der Waals surface area contributed by atoms with Gasteiger partial charge in [0.25, 0.3) is 0 Å². The van der Waals surface area contributed by atoms with E-state index in [4.69, 9.17) is 4.98 Å². The first kappa shape index (κ1) is 28.2. The number of benzene rings is 4. The summed E-state index contributed by atoms with van der Waals surface area (Å²) in [5.41, 5.74) is 14.0. The Morgan fingerprint density at radius 1 is 0.520 bits per heavy atom. The van der Waals surface area contributed by atoms with Crippen molar-refractivity contribution in [3.05, 3.63) is 170 Å². The van der Waals surface area contributed by atoms with E-state index in [0.717, 1.165) is 68.1 Å². The predicted octanol–water partition coefficient (Wildman–Crippen LogP) is 9.99. The van der Waals surface area contributed by atoms with Crippen molar-refractivity contribution in [2.75, 3.05) is 0 Å². The van der Waals surface area contributed by atoms with Crippen LogP contribution in [0.25, 0.3) is 83.9 Å². The van der Waals surface area contributed by atoms with Gasteiger partial charge in [-0.3, -0.25) is 9.97 Å². The molecule has 6 nitrogen and oxygen atoms in total. The molecule has 0 radical (unpaired) electrons. The third-order valence-electron chi connectivity index (χ3n) is 9.74. The molecule has 0 amide bonds. The van der Waals surface area contributed by atoms with Crippen LogP contribution in [0.1, 0.15) is 11.3 Å². The molecule has 6 heteroatoms. The lowest BCUT2D eigenvalue weighted by Gasteiger charge is -2.14. The summed E-state index contributed by atoms with van der Waals surface area (Å²) in [6.45, 7) is 0.822. The van der Waals surface area contributed by atoms with E-state index in [9.17, 15) is 0 Å². The highest BCUT2D eigenvalue weighted by Gasteiger charge is 2.19. The third kappa shape index (κ3) is 4.54. The monoisotopic (exact) mass is 642 g/mol. The van der Waals surface area contributed by atoms with Gasteiger partial charge in [0.2, 0.25) is 0 Å². The number of nitrogens with zero attached hydrogens (tertiary/aromatic N) is 5. The summed E-state index contributed by atoms with van der Waals surface area (Å²) in [5.74, 6) is 0. The van der Waals surface area contributed by atoms with Gasteiger partial charge in [0.05, 0.1) is 39.3 Å². The zero-order valence-electron chi connectivity index (χ0n) is 27.0. The summed E-state index contributed by atoms with van der Waals surface area (Å²) in [4.78, 5) is 14.3. The maximum absolute atomic E-state index is 5.19. The Labute approximate surface area is 288 Å². The van der Waals surface area contributed by atoms with Crippen LogP contribution in [-0.2, 0) is 6.54 Å². The molecule has 0 spiro atoms. The van der Waals surface area contributed by atoms with Crippen molar-refractivity contribution in [1.29, 1.82) is 0 Å². The molecule has 0 saturated heterocycles. The number of pyridine rings is 3. The predicted molar refractivity (Wildman–Crippen MR) is 203 cm³/mol. The molecule has 0 aliphatic carbocycles. The molecule has 0 bridgehead atoms. The van der Waals surface area contributed by atoms with Gasteiger partial charge in [0, 0.05) is 63.8 Å². The lowest BCUT2D eigenvalue weighted by molar-refractivity contribution is 0.855. The lowest BCUT2D eigenvalue weighted by atomic mass is 10.0. The Hall–Kier alpha value is -6.79. The Bertz CT molecular complexity index is 2700. The quantitative estimate of drug-likeness (QED) is 0.203. The van der Waals surface area contributed by atoms with E-state index in [1.54, 1.807) is 0 Å². The highest BCUT2D eigenvalue weighted by molar-refractivity contribution is 6.08. The fraction of sp³-hybridized carbons (Fsp3) is 0.0227. The summed E-state index contributed by atoms with van der Waals surface area (Å²) in [6.07, 6.45) is 9.85. The second-order valence-corrected chi connectivity index (χ2v) is 12.6. The van der Waals surface area contributed by atoms with Crippen LogP contribution in [0.2, 0.25) is 0 Å². The molecule has 0 unspecified atom stereocenters. The van der Waals surface area contributed by atoms with Gasteiger partial charge in [0.15, 0.2) is 0 Å². The summed E-state index contributed by atoms with van der Waals surface area (Å²) < 4.78 is 4.67. The Morgan fingerprint density at radius 3 is 2.16 bits per heavy atom. The summed E-state index contributed by atoms with van der Waals surface area (Å²) >= 11 is 0. The first-order valence-corrected chi connectivity index (χ1v) is 16.8. The van der Waals surface area contributed by atoms with E-state index in [1.165, 1.54) is 27.5 Å². The standard InChI is InChI=1S/C44H30N6/c1-3-13-41-34(10-1)36-27-45-22-19-43(36)49(41)32-17-15-29(16-18-32)31-25-39(48-40(26-31)38-12-5-6-21-47-38)30-8-7-9-33(24-30)50-42-14-4-2-11-35(42)37-28-46-23-20-44(37)50/h1-26,28,45H,27H2. The van der Waals surface area contributed by atoms with Crippen LogP contribution in [0.3, 0.4) is 0 Å². The van der Waals surface area contributed by atoms with Crippen LogP contribution in [0.5, 0.6) is 0 Å². The normalized spacial score (nSPS) is 12.4. The van der Waals surface area contributed by atoms with Crippen LogP contribution >= 0.6 is 0 Å². The largest absolute Gasteiger partial charge is 0.387 e. The molecular weight excluding hydrogens is 613 g/mol. The highest BCUT2D eigenvalue weighted by atomic mass is 15.0. The molecule has 236 valence electrons. The van der Waals surface area contributed by atoms with Gasteiger partial charge in [-0.1, -0.05) is 66.7 Å². The molecule has 6 heterocycles. The van der Waals surface area contributed by atoms with Gasteiger partial charge < -0.3 is 14.5 Å². The summed E-state index contributed by atoms with van der Waals surface area (Å²) in [7, 11) is 0. The zero-order valence-corrected chi connectivity index (χ0v) is 27.0. The molecule has 1 aliphatic rings. The maximum atomic E-state index is 5.19. The number of rotatable bonds is 5. The number of para-hydroxylation sites is 2. The smallest absolute Gasteiger partial charge is 0.0899 e. The van der Waals surface area contributed by atoms with Gasteiger partial charge in [-0.2, -0.15) is 0 Å². The fourth-order valence-corrected chi connectivity index (χ4v) is 7.46. The van der Waals surface area contributed by atoms with Crippen molar-refractivity contribution in [2.24, 2.45) is 0 Å². The minimum absolute atomic E-state index is 0.822. The minimum Gasteiger partial charge on any atom is -0.387 e. The minimum atomic E-state index is 0.822. The maximum Gasteiger partial charge on any atom is 0.0899 e. The molecule has 1 N–H and O–H groups in total. The van der Waals surface area contributed by atoms with Crippen molar-refractivity contribution in [3.8, 4) is 45.1 Å². The van der Waals surface area contributed by atoms with Crippen molar-refractivity contribution >= 4 is 38.8 Å². The molecule has 9 aromatic rings. The Morgan fingerprint density at radius 2 is 1.30 bits per heavy atom. The van der Waals surface area contributed by atoms with E-state index in [1.807, 2.05) is 43.0 Å². The van der Waals surface area contributed by atoms with Gasteiger partial charge in [0.1, 0.15) is 0 Å². The summed E-state index contributed by atoms with van der Waals surface area (Å²) in [6, 6.07) is 47.0. The average molecular weight is 643 g/mol. The first-order chi connectivity index (χ1) is 24.8. The van der Waals surface area contributed by atoms with Gasteiger partial charge >= 0.3 is 0 Å². The van der Waals surface area contributed by atoms with E-state index in [0.29, 0.717) is 0 Å². The van der Waals surface area contributed by atoms with Crippen molar-refractivity contribution in [3.63, 3.8) is 0 Å². The SMILES string of the molecule is C1=Cc2c(c3ccccc3n2-c2ccc(-c3cc(-c4cccc(-n5c6ccccc6c6cnccc65)c4)nc(-c4ccccn4)c3)cc2)CN1. The number of hydrogen-bond donors (Lipinski definition) is 1. The third-order valence-corrected chi connectivity index (χ3v) is 9.74. The number of aromatic nitrogens is 5. The Balaban J connectivity index is 1.11. The zero-order chi connectivity index (χ0) is 33.0. The number of hydrogen-bond acceptors (Lipinski definition) is 4. The van der Waals surface area contributed by atoms with Crippen LogP contribution < -0.4 is 5.32 Å². The van der Waals surface area contributed by atoms with Crippen LogP contribution in [-0.4, -0.2) is 24.1 Å². The first-order valence-electron chi connectivity index (χ1n) is 16.8. The number of fused-ring (bicyclic) bond motifs is 6. The molecule has 0 fully saturated rings. The van der Waals surface area contributed by atoms with E-state index < -0.39 is 0 Å². The molecule has 10 rings (SSSR count). The van der Waals surface area contributed by atoms with Crippen LogP contribution in [0.4, 0.5) is 0 Å². The second-order valence-electron chi connectivity index (χ2n) is 12.6. The van der Waals surface area contributed by atoms with Crippen molar-refractivity contribution in [1.82, 2.24) is 29.4 Å². The molecule has 0 saturated carbocycles. The molecule has 1 aliphatic heterocycles. The lowest BCUT2D eigenvalue weighted by Crippen LogP contribution is -2.10. The van der Waals surface area contributed by atoms with Crippen LogP contribution in [0.15, 0.2) is 158 Å². The molecule has 5 aromatic heterocycles. The second kappa shape index (κ2) is 11.4. The van der Waals surface area contributed by atoms with Crippen LogP contribution in [0, 0.1) is 0 Å². The van der Waals surface area contributed by atoms with Crippen molar-refractivity contribution < 1.29 is 0 Å². The average Bonchev–Trinajstić information content (AvgIpc) is 3.71. The topological polar surface area (TPSA) is 60.6 Å². The fourth-order valence-electron chi connectivity index (χ4n) is 7.46. The van der Waals surface area contributed by atoms with Gasteiger partial charge in [-0.05, 0) is 90.1 Å². The molecule has 50 heavy (non-hydrogen) atoms. The molecule has 0 atom stereocenters. The Kier molecular flexibility index (Phi) is 6.45. The van der Waals surface area contributed by atoms with E-state index in [2.05, 4.69) is 146 Å². The van der Waals surface area contributed by atoms with Crippen molar-refractivity contribution in [2.45, 2.75) is 6.54 Å².